The smallest absolute Gasteiger partial charge is 0.326 e. The molecule has 0 amide bonds. The fraction of sp³-hybridized carbons (Fsp3) is 0.333. The van der Waals surface area contributed by atoms with Crippen LogP contribution in [0.5, 0.6) is 17.6 Å². The SMILES string of the molecule is Oc1nc(Oc2cnn(CC3CCOC3)c2)nc2cnccc12. The van der Waals surface area contributed by atoms with E-state index in [4.69, 9.17) is 9.47 Å². The molecular weight excluding hydrogens is 298 g/mol. The molecule has 118 valence electrons. The number of fused-ring (bicyclic) bond motifs is 1. The average Bonchev–Trinajstić information content (AvgIpc) is 3.20. The van der Waals surface area contributed by atoms with Crippen molar-refractivity contribution in [3.8, 4) is 17.6 Å². The van der Waals surface area contributed by atoms with E-state index in [9.17, 15) is 5.11 Å². The highest BCUT2D eigenvalue weighted by atomic mass is 16.5. The Morgan fingerprint density at radius 1 is 1.35 bits per heavy atom. The van der Waals surface area contributed by atoms with Gasteiger partial charge in [-0.25, -0.2) is 0 Å². The van der Waals surface area contributed by atoms with Crippen molar-refractivity contribution >= 4 is 10.9 Å². The molecular formula is C15H15N5O3. The molecule has 1 N–H and O–H groups in total. The Morgan fingerprint density at radius 2 is 2.30 bits per heavy atom. The van der Waals surface area contributed by atoms with Crippen molar-refractivity contribution in [2.24, 2.45) is 5.92 Å². The third kappa shape index (κ3) is 2.93. The first-order valence-electron chi connectivity index (χ1n) is 7.37. The Morgan fingerprint density at radius 3 is 3.17 bits per heavy atom. The largest absolute Gasteiger partial charge is 0.493 e. The van der Waals surface area contributed by atoms with Crippen molar-refractivity contribution < 1.29 is 14.6 Å². The average molecular weight is 313 g/mol. The zero-order valence-corrected chi connectivity index (χ0v) is 12.3. The quantitative estimate of drug-likeness (QED) is 0.784. The minimum Gasteiger partial charge on any atom is -0.493 e. The van der Waals surface area contributed by atoms with Gasteiger partial charge in [-0.1, -0.05) is 0 Å². The lowest BCUT2D eigenvalue weighted by Crippen LogP contribution is -2.10. The Labute approximate surface area is 131 Å². The highest BCUT2D eigenvalue weighted by Crippen LogP contribution is 2.25. The highest BCUT2D eigenvalue weighted by molar-refractivity contribution is 5.82. The molecule has 4 rings (SSSR count). The monoisotopic (exact) mass is 313 g/mol. The molecule has 8 nitrogen and oxygen atoms in total. The Kier molecular flexibility index (Phi) is 3.51. The Bertz CT molecular complexity index is 829. The molecule has 23 heavy (non-hydrogen) atoms. The van der Waals surface area contributed by atoms with E-state index >= 15 is 0 Å². The lowest BCUT2D eigenvalue weighted by molar-refractivity contribution is 0.181. The summed E-state index contributed by atoms with van der Waals surface area (Å²) in [4.78, 5) is 12.2. The molecule has 1 aliphatic rings. The van der Waals surface area contributed by atoms with Crippen molar-refractivity contribution in [3.63, 3.8) is 0 Å². The fourth-order valence-corrected chi connectivity index (χ4v) is 2.58. The molecule has 0 aromatic carbocycles. The molecule has 1 fully saturated rings. The van der Waals surface area contributed by atoms with Crippen LogP contribution in [0.25, 0.3) is 10.9 Å². The minimum atomic E-state index is -0.136. The molecule has 0 saturated carbocycles. The first kappa shape index (κ1) is 13.9. The lowest BCUT2D eigenvalue weighted by Gasteiger charge is -2.06. The number of ether oxygens (including phenoxy) is 2. The van der Waals surface area contributed by atoms with E-state index in [2.05, 4.69) is 20.1 Å². The number of hydrogen-bond acceptors (Lipinski definition) is 7. The van der Waals surface area contributed by atoms with Gasteiger partial charge in [-0.3, -0.25) is 9.67 Å². The summed E-state index contributed by atoms with van der Waals surface area (Å²) in [6.07, 6.45) is 7.55. The van der Waals surface area contributed by atoms with Gasteiger partial charge in [0.05, 0.1) is 36.1 Å². The Balaban J connectivity index is 1.52. The maximum Gasteiger partial charge on any atom is 0.326 e. The van der Waals surface area contributed by atoms with E-state index in [0.717, 1.165) is 26.2 Å². The predicted octanol–water partition coefficient (Wildman–Crippen LogP) is 1.76. The van der Waals surface area contributed by atoms with E-state index in [-0.39, 0.29) is 11.9 Å². The van der Waals surface area contributed by atoms with Crippen LogP contribution in [0, 0.1) is 5.92 Å². The van der Waals surface area contributed by atoms with Crippen molar-refractivity contribution in [2.75, 3.05) is 13.2 Å². The molecule has 4 heterocycles. The van der Waals surface area contributed by atoms with Crippen LogP contribution in [0.4, 0.5) is 0 Å². The van der Waals surface area contributed by atoms with Gasteiger partial charge >= 0.3 is 6.01 Å². The molecule has 1 atom stereocenters. The van der Waals surface area contributed by atoms with Crippen molar-refractivity contribution in [2.45, 2.75) is 13.0 Å². The molecule has 0 spiro atoms. The van der Waals surface area contributed by atoms with E-state index in [1.807, 2.05) is 4.68 Å². The third-order valence-corrected chi connectivity index (χ3v) is 3.75. The van der Waals surface area contributed by atoms with Crippen LogP contribution in [0.2, 0.25) is 0 Å². The van der Waals surface area contributed by atoms with Crippen molar-refractivity contribution in [3.05, 3.63) is 30.9 Å². The molecule has 3 aromatic heterocycles. The summed E-state index contributed by atoms with van der Waals surface area (Å²) in [5.41, 5.74) is 0.519. The molecule has 0 radical (unpaired) electrons. The van der Waals surface area contributed by atoms with E-state index < -0.39 is 0 Å². The second-order valence-electron chi connectivity index (χ2n) is 5.45. The van der Waals surface area contributed by atoms with Gasteiger partial charge in [0.1, 0.15) is 0 Å². The van der Waals surface area contributed by atoms with Crippen LogP contribution in [0.15, 0.2) is 30.9 Å². The lowest BCUT2D eigenvalue weighted by atomic mass is 10.1. The molecule has 0 bridgehead atoms. The third-order valence-electron chi connectivity index (χ3n) is 3.75. The van der Waals surface area contributed by atoms with E-state index in [1.54, 1.807) is 30.9 Å². The van der Waals surface area contributed by atoms with Gasteiger partial charge in [0.15, 0.2) is 5.75 Å². The Hall–Kier alpha value is -2.74. The first-order valence-corrected chi connectivity index (χ1v) is 7.37. The van der Waals surface area contributed by atoms with Gasteiger partial charge < -0.3 is 14.6 Å². The standard InChI is InChI=1S/C15H15N5O3/c21-14-12-1-3-16-6-13(12)18-15(19-14)23-11-5-17-20(8-11)7-10-2-4-22-9-10/h1,3,5-6,8,10H,2,4,7,9H2,(H,18,19,21). The zero-order valence-electron chi connectivity index (χ0n) is 12.3. The van der Waals surface area contributed by atoms with Gasteiger partial charge in [-0.2, -0.15) is 15.1 Å². The number of aromatic nitrogens is 5. The second-order valence-corrected chi connectivity index (χ2v) is 5.45. The van der Waals surface area contributed by atoms with Gasteiger partial charge in [-0.15, -0.1) is 0 Å². The molecule has 1 aliphatic heterocycles. The maximum atomic E-state index is 9.93. The summed E-state index contributed by atoms with van der Waals surface area (Å²) in [7, 11) is 0. The predicted molar refractivity (Wildman–Crippen MR) is 80.2 cm³/mol. The van der Waals surface area contributed by atoms with Gasteiger partial charge in [-0.05, 0) is 12.5 Å². The molecule has 1 unspecified atom stereocenters. The van der Waals surface area contributed by atoms with Crippen LogP contribution < -0.4 is 4.74 Å². The molecule has 1 saturated heterocycles. The van der Waals surface area contributed by atoms with Gasteiger partial charge in [0.2, 0.25) is 5.88 Å². The summed E-state index contributed by atoms with van der Waals surface area (Å²) in [5.74, 6) is 0.865. The van der Waals surface area contributed by atoms with Gasteiger partial charge in [0, 0.05) is 25.3 Å². The molecule has 8 heteroatoms. The number of pyridine rings is 1. The van der Waals surface area contributed by atoms with Crippen molar-refractivity contribution in [1.82, 2.24) is 24.7 Å². The maximum absolute atomic E-state index is 9.93. The summed E-state index contributed by atoms with van der Waals surface area (Å²) in [6, 6.07) is 1.71. The molecule has 0 aliphatic carbocycles. The normalized spacial score (nSPS) is 17.7. The van der Waals surface area contributed by atoms with Crippen LogP contribution in [-0.2, 0) is 11.3 Å². The topological polar surface area (TPSA) is 95.2 Å². The fourth-order valence-electron chi connectivity index (χ4n) is 2.58. The van der Waals surface area contributed by atoms with Crippen LogP contribution >= 0.6 is 0 Å². The minimum absolute atomic E-state index is 0.0618. The van der Waals surface area contributed by atoms with E-state index in [1.165, 1.54) is 0 Å². The summed E-state index contributed by atoms with van der Waals surface area (Å²) >= 11 is 0. The molecule has 3 aromatic rings. The van der Waals surface area contributed by atoms with Crippen molar-refractivity contribution in [1.29, 1.82) is 0 Å². The zero-order chi connectivity index (χ0) is 15.6. The van der Waals surface area contributed by atoms with E-state index in [0.29, 0.717) is 22.6 Å². The summed E-state index contributed by atoms with van der Waals surface area (Å²) in [6.45, 7) is 2.37. The first-order chi connectivity index (χ1) is 11.3. The second kappa shape index (κ2) is 5.81. The highest BCUT2D eigenvalue weighted by Gasteiger charge is 2.17. The summed E-state index contributed by atoms with van der Waals surface area (Å²) < 4.78 is 12.8. The number of aromatic hydroxyl groups is 1. The van der Waals surface area contributed by atoms with Crippen LogP contribution in [-0.4, -0.2) is 43.1 Å². The number of rotatable bonds is 4. The number of nitrogens with zero attached hydrogens (tertiary/aromatic N) is 5. The van der Waals surface area contributed by atoms with Gasteiger partial charge in [0.25, 0.3) is 0 Å². The summed E-state index contributed by atoms with van der Waals surface area (Å²) in [5, 5.41) is 14.7. The van der Waals surface area contributed by atoms with Crippen LogP contribution in [0.1, 0.15) is 6.42 Å². The van der Waals surface area contributed by atoms with Crippen LogP contribution in [0.3, 0.4) is 0 Å². The number of hydrogen-bond donors (Lipinski definition) is 1.